The van der Waals surface area contributed by atoms with Gasteiger partial charge in [0.25, 0.3) is 0 Å². The van der Waals surface area contributed by atoms with Crippen molar-refractivity contribution in [3.8, 4) is 17.2 Å². The topological polar surface area (TPSA) is 64.1 Å². The molecular weight excluding hydrogens is 399 g/mol. The molecule has 0 aliphatic carbocycles. The lowest BCUT2D eigenvalue weighted by atomic mass is 10.1. The summed E-state index contributed by atoms with van der Waals surface area (Å²) in [6.07, 6.45) is -3.76. The number of hydrogen-bond acceptors (Lipinski definition) is 4. The molecule has 0 spiro atoms. The molecule has 0 amide bonds. The predicted octanol–water partition coefficient (Wildman–Crippen LogP) is 3.64. The van der Waals surface area contributed by atoms with Crippen LogP contribution in [0, 0.1) is 0 Å². The highest BCUT2D eigenvalue weighted by Crippen LogP contribution is 2.39. The number of guanidine groups is 1. The van der Waals surface area contributed by atoms with Crippen molar-refractivity contribution in [2.24, 2.45) is 4.99 Å². The molecule has 0 aromatic heterocycles. The Labute approximate surface area is 174 Å². The van der Waals surface area contributed by atoms with Gasteiger partial charge in [-0.05, 0) is 30.2 Å². The first kappa shape index (κ1) is 23.2. The monoisotopic (exact) mass is 425 g/mol. The summed E-state index contributed by atoms with van der Waals surface area (Å²) in [5, 5.41) is 6.16. The van der Waals surface area contributed by atoms with Crippen molar-refractivity contribution >= 4 is 5.96 Å². The Balaban J connectivity index is 1.96. The molecule has 0 heterocycles. The van der Waals surface area contributed by atoms with E-state index in [-0.39, 0.29) is 6.54 Å². The second-order valence-corrected chi connectivity index (χ2v) is 6.29. The maximum Gasteiger partial charge on any atom is 0.416 e. The zero-order chi connectivity index (χ0) is 22.1. The van der Waals surface area contributed by atoms with E-state index in [1.807, 2.05) is 6.07 Å². The number of ether oxygens (including phenoxy) is 3. The molecule has 0 fully saturated rings. The van der Waals surface area contributed by atoms with Crippen LogP contribution >= 0.6 is 0 Å². The third-order valence-corrected chi connectivity index (χ3v) is 4.41. The lowest BCUT2D eigenvalue weighted by molar-refractivity contribution is -0.137. The predicted molar refractivity (Wildman–Crippen MR) is 109 cm³/mol. The fourth-order valence-corrected chi connectivity index (χ4v) is 2.94. The van der Waals surface area contributed by atoms with Crippen molar-refractivity contribution in [2.45, 2.75) is 19.1 Å². The van der Waals surface area contributed by atoms with Crippen LogP contribution in [0.25, 0.3) is 0 Å². The maximum absolute atomic E-state index is 12.8. The molecule has 2 rings (SSSR count). The molecular formula is C21H26F3N3O3. The Bertz CT molecular complexity index is 870. The molecule has 0 aliphatic rings. The lowest BCUT2D eigenvalue weighted by Gasteiger charge is -2.17. The summed E-state index contributed by atoms with van der Waals surface area (Å²) in [7, 11) is 6.25. The van der Waals surface area contributed by atoms with E-state index < -0.39 is 11.7 Å². The van der Waals surface area contributed by atoms with Crippen LogP contribution in [0.2, 0.25) is 0 Å². The van der Waals surface area contributed by atoms with Gasteiger partial charge in [-0.25, -0.2) is 0 Å². The van der Waals surface area contributed by atoms with Crippen molar-refractivity contribution < 1.29 is 27.4 Å². The van der Waals surface area contributed by atoms with Crippen LogP contribution in [0.15, 0.2) is 41.4 Å². The minimum Gasteiger partial charge on any atom is -0.493 e. The minimum absolute atomic E-state index is 0.212. The van der Waals surface area contributed by atoms with Gasteiger partial charge in [0.15, 0.2) is 17.5 Å². The Hall–Kier alpha value is -3.10. The molecule has 0 unspecified atom stereocenters. The van der Waals surface area contributed by atoms with E-state index in [2.05, 4.69) is 15.6 Å². The van der Waals surface area contributed by atoms with Gasteiger partial charge in [0, 0.05) is 25.7 Å². The molecule has 164 valence electrons. The van der Waals surface area contributed by atoms with E-state index in [1.165, 1.54) is 6.07 Å². The summed E-state index contributed by atoms with van der Waals surface area (Å²) in [4.78, 5) is 4.11. The highest BCUT2D eigenvalue weighted by atomic mass is 19.4. The molecule has 9 heteroatoms. The van der Waals surface area contributed by atoms with Crippen LogP contribution in [-0.4, -0.2) is 40.9 Å². The average molecular weight is 425 g/mol. The van der Waals surface area contributed by atoms with E-state index in [4.69, 9.17) is 14.2 Å². The third-order valence-electron chi connectivity index (χ3n) is 4.41. The number of methoxy groups -OCH3 is 3. The van der Waals surface area contributed by atoms with Crippen molar-refractivity contribution in [3.05, 3.63) is 53.1 Å². The van der Waals surface area contributed by atoms with E-state index in [1.54, 1.807) is 40.5 Å². The van der Waals surface area contributed by atoms with Gasteiger partial charge in [0.2, 0.25) is 5.75 Å². The van der Waals surface area contributed by atoms with Crippen molar-refractivity contribution in [2.75, 3.05) is 34.9 Å². The summed E-state index contributed by atoms with van der Waals surface area (Å²) in [6.45, 7) is 0.734. The van der Waals surface area contributed by atoms with Crippen molar-refractivity contribution in [1.82, 2.24) is 10.6 Å². The number of alkyl halides is 3. The molecule has 0 saturated carbocycles. The lowest BCUT2D eigenvalue weighted by Crippen LogP contribution is -2.37. The molecule has 0 saturated heterocycles. The number of rotatable bonds is 8. The normalized spacial score (nSPS) is 11.8. The molecule has 30 heavy (non-hydrogen) atoms. The summed E-state index contributed by atoms with van der Waals surface area (Å²) in [6, 6.07) is 8.88. The van der Waals surface area contributed by atoms with Crippen LogP contribution in [0.3, 0.4) is 0 Å². The molecule has 2 aromatic rings. The number of halogens is 3. The van der Waals surface area contributed by atoms with Gasteiger partial charge < -0.3 is 24.8 Å². The first-order valence-corrected chi connectivity index (χ1v) is 9.22. The standard InChI is InChI=1S/C21H26F3N3O3/c1-25-20(27-13-14-6-5-7-16(12-14)21(22,23)24)26-11-10-15-8-9-17(28-2)19(30-4)18(15)29-3/h5-9,12H,10-11,13H2,1-4H3,(H2,25,26,27). The third kappa shape index (κ3) is 5.95. The van der Waals surface area contributed by atoms with Gasteiger partial charge in [0.1, 0.15) is 0 Å². The first-order chi connectivity index (χ1) is 14.3. The number of benzene rings is 2. The Morgan fingerprint density at radius 3 is 2.30 bits per heavy atom. The average Bonchev–Trinajstić information content (AvgIpc) is 2.74. The zero-order valence-electron chi connectivity index (χ0n) is 17.4. The van der Waals surface area contributed by atoms with E-state index in [9.17, 15) is 13.2 Å². The van der Waals surface area contributed by atoms with E-state index in [0.717, 1.165) is 17.7 Å². The second-order valence-electron chi connectivity index (χ2n) is 6.29. The summed E-state index contributed by atoms with van der Waals surface area (Å²) < 4.78 is 54.6. The smallest absolute Gasteiger partial charge is 0.416 e. The van der Waals surface area contributed by atoms with Gasteiger partial charge in [-0.3, -0.25) is 4.99 Å². The van der Waals surface area contributed by atoms with Crippen LogP contribution in [0.1, 0.15) is 16.7 Å². The fraction of sp³-hybridized carbons (Fsp3) is 0.381. The van der Waals surface area contributed by atoms with Crippen LogP contribution < -0.4 is 24.8 Å². The summed E-state index contributed by atoms with van der Waals surface area (Å²) in [5.41, 5.74) is 0.746. The minimum atomic E-state index is -4.37. The number of aliphatic imine (C=N–C) groups is 1. The van der Waals surface area contributed by atoms with E-state index in [0.29, 0.717) is 41.7 Å². The zero-order valence-corrected chi connectivity index (χ0v) is 17.4. The molecule has 0 atom stereocenters. The van der Waals surface area contributed by atoms with Crippen LogP contribution in [-0.2, 0) is 19.1 Å². The Morgan fingerprint density at radius 1 is 0.967 bits per heavy atom. The van der Waals surface area contributed by atoms with Crippen molar-refractivity contribution in [1.29, 1.82) is 0 Å². The van der Waals surface area contributed by atoms with Gasteiger partial charge in [0.05, 0.1) is 26.9 Å². The number of nitrogens with zero attached hydrogens (tertiary/aromatic N) is 1. The summed E-state index contributed by atoms with van der Waals surface area (Å²) >= 11 is 0. The quantitative estimate of drug-likeness (QED) is 0.500. The molecule has 0 aliphatic heterocycles. The number of nitrogens with one attached hydrogen (secondary N) is 2. The molecule has 0 bridgehead atoms. The van der Waals surface area contributed by atoms with Gasteiger partial charge >= 0.3 is 6.18 Å². The highest BCUT2D eigenvalue weighted by molar-refractivity contribution is 5.79. The Morgan fingerprint density at radius 2 is 1.70 bits per heavy atom. The molecule has 6 nitrogen and oxygen atoms in total. The Kier molecular flexibility index (Phi) is 8.20. The maximum atomic E-state index is 12.8. The summed E-state index contributed by atoms with van der Waals surface area (Å²) in [5.74, 6) is 2.16. The molecule has 2 aromatic carbocycles. The van der Waals surface area contributed by atoms with E-state index >= 15 is 0 Å². The molecule has 2 N–H and O–H groups in total. The molecule has 0 radical (unpaired) electrons. The number of hydrogen-bond donors (Lipinski definition) is 2. The van der Waals surface area contributed by atoms with Gasteiger partial charge in [-0.15, -0.1) is 0 Å². The fourth-order valence-electron chi connectivity index (χ4n) is 2.94. The SMILES string of the molecule is CN=C(NCCc1ccc(OC)c(OC)c1OC)NCc1cccc(C(F)(F)F)c1. The van der Waals surface area contributed by atoms with Crippen molar-refractivity contribution in [3.63, 3.8) is 0 Å². The van der Waals surface area contributed by atoms with Crippen LogP contribution in [0.4, 0.5) is 13.2 Å². The van der Waals surface area contributed by atoms with Crippen LogP contribution in [0.5, 0.6) is 17.2 Å². The van der Waals surface area contributed by atoms with Gasteiger partial charge in [-0.1, -0.05) is 18.2 Å². The highest BCUT2D eigenvalue weighted by Gasteiger charge is 2.30. The second kappa shape index (κ2) is 10.6. The largest absolute Gasteiger partial charge is 0.493 e. The first-order valence-electron chi connectivity index (χ1n) is 9.22. The van der Waals surface area contributed by atoms with Gasteiger partial charge in [-0.2, -0.15) is 13.2 Å².